The number of hydrogen-bond donors (Lipinski definition) is 1. The van der Waals surface area contributed by atoms with Crippen LogP contribution in [0.1, 0.15) is 10.5 Å². The second-order valence-electron chi connectivity index (χ2n) is 2.99. The molecule has 0 aliphatic heterocycles. The molecule has 1 aromatic carbocycles. The molecular formula is C11H10N2OS. The number of H-pyrrole nitrogens is 1. The highest BCUT2D eigenvalue weighted by molar-refractivity contribution is 7.98. The quantitative estimate of drug-likeness (QED) is 0.636. The third kappa shape index (κ3) is 1.94. The van der Waals surface area contributed by atoms with Gasteiger partial charge in [-0.25, -0.2) is 4.98 Å². The van der Waals surface area contributed by atoms with Crippen LogP contribution in [-0.4, -0.2) is 22.5 Å². The van der Waals surface area contributed by atoms with E-state index in [1.54, 1.807) is 0 Å². The summed E-state index contributed by atoms with van der Waals surface area (Å²) < 4.78 is 0. The molecule has 0 bridgehead atoms. The highest BCUT2D eigenvalue weighted by atomic mass is 32.2. The lowest BCUT2D eigenvalue weighted by Gasteiger charge is -1.95. The van der Waals surface area contributed by atoms with Crippen molar-refractivity contribution in [1.29, 1.82) is 0 Å². The summed E-state index contributed by atoms with van der Waals surface area (Å²) in [7, 11) is 0. The average molecular weight is 218 g/mol. The van der Waals surface area contributed by atoms with Gasteiger partial charge >= 0.3 is 0 Å². The molecule has 0 aliphatic carbocycles. The number of hydrogen-bond acceptors (Lipinski definition) is 3. The molecule has 0 saturated heterocycles. The number of benzene rings is 1. The van der Waals surface area contributed by atoms with Crippen molar-refractivity contribution in [2.24, 2.45) is 0 Å². The molecule has 1 aromatic heterocycles. The molecule has 3 nitrogen and oxygen atoms in total. The van der Waals surface area contributed by atoms with E-state index in [9.17, 15) is 4.79 Å². The molecule has 15 heavy (non-hydrogen) atoms. The lowest BCUT2D eigenvalue weighted by Crippen LogP contribution is -1.84. The largest absolute Gasteiger partial charge is 0.330 e. The number of rotatable bonds is 3. The van der Waals surface area contributed by atoms with Gasteiger partial charge in [0.15, 0.2) is 11.4 Å². The second kappa shape index (κ2) is 4.31. The van der Waals surface area contributed by atoms with Crippen LogP contribution in [0.15, 0.2) is 35.5 Å². The number of thioether (sulfide) groups is 1. The minimum atomic E-state index is 0.533. The minimum absolute atomic E-state index is 0.533. The molecule has 0 fully saturated rings. The van der Waals surface area contributed by atoms with Gasteiger partial charge in [0.2, 0.25) is 0 Å². The first kappa shape index (κ1) is 9.98. The Balaban J connectivity index is 2.52. The fourth-order valence-electron chi connectivity index (χ4n) is 1.36. The normalized spacial score (nSPS) is 10.2. The highest BCUT2D eigenvalue weighted by Crippen LogP contribution is 2.23. The number of nitrogens with one attached hydrogen (secondary N) is 1. The third-order valence-electron chi connectivity index (χ3n) is 2.07. The molecule has 2 aromatic rings. The molecule has 0 aliphatic rings. The molecule has 1 N–H and O–H groups in total. The standard InChI is InChI=1S/C11H10N2OS/c1-15-11-12-9(7-14)10(13-11)8-5-3-2-4-6-8/h2-7H,1H3,(H,12,13). The number of nitrogens with zero attached hydrogens (tertiary/aromatic N) is 1. The minimum Gasteiger partial charge on any atom is -0.330 e. The third-order valence-corrected chi connectivity index (χ3v) is 2.65. The van der Waals surface area contributed by atoms with E-state index in [0.717, 1.165) is 22.7 Å². The molecule has 2 rings (SSSR count). The van der Waals surface area contributed by atoms with E-state index in [4.69, 9.17) is 0 Å². The van der Waals surface area contributed by atoms with Gasteiger partial charge < -0.3 is 4.98 Å². The molecule has 0 saturated carbocycles. The molecule has 4 heteroatoms. The van der Waals surface area contributed by atoms with Crippen LogP contribution in [0, 0.1) is 0 Å². The Bertz CT molecular complexity index is 465. The summed E-state index contributed by atoms with van der Waals surface area (Å²) in [6, 6.07) is 9.67. The van der Waals surface area contributed by atoms with Crippen molar-refractivity contribution in [1.82, 2.24) is 9.97 Å². The Morgan fingerprint density at radius 1 is 1.33 bits per heavy atom. The van der Waals surface area contributed by atoms with Crippen LogP contribution in [0.3, 0.4) is 0 Å². The Hall–Kier alpha value is -1.55. The number of aromatic amines is 1. The summed E-state index contributed by atoms with van der Waals surface area (Å²) in [5.41, 5.74) is 2.21. The van der Waals surface area contributed by atoms with Crippen molar-refractivity contribution in [3.8, 4) is 11.3 Å². The van der Waals surface area contributed by atoms with Crippen molar-refractivity contribution in [3.05, 3.63) is 36.0 Å². The van der Waals surface area contributed by atoms with Crippen LogP contribution in [0.5, 0.6) is 0 Å². The molecule has 0 amide bonds. The van der Waals surface area contributed by atoms with Crippen molar-refractivity contribution in [2.45, 2.75) is 5.16 Å². The van der Waals surface area contributed by atoms with E-state index in [1.807, 2.05) is 36.6 Å². The summed E-state index contributed by atoms with van der Waals surface area (Å²) in [6.45, 7) is 0. The predicted molar refractivity (Wildman–Crippen MR) is 61.2 cm³/mol. The maximum atomic E-state index is 10.8. The Morgan fingerprint density at radius 3 is 2.67 bits per heavy atom. The van der Waals surface area contributed by atoms with Gasteiger partial charge in [-0.2, -0.15) is 0 Å². The molecular weight excluding hydrogens is 208 g/mol. The van der Waals surface area contributed by atoms with Crippen LogP contribution in [0.4, 0.5) is 0 Å². The summed E-state index contributed by atoms with van der Waals surface area (Å²) in [5.74, 6) is 0. The number of carbonyl (C=O) groups is 1. The Morgan fingerprint density at radius 2 is 2.07 bits per heavy atom. The van der Waals surface area contributed by atoms with E-state index < -0.39 is 0 Å². The lowest BCUT2D eigenvalue weighted by atomic mass is 10.1. The molecule has 0 spiro atoms. The summed E-state index contributed by atoms with van der Waals surface area (Å²) in [5, 5.41) is 0.760. The molecule has 1 heterocycles. The van der Waals surface area contributed by atoms with Crippen molar-refractivity contribution in [3.63, 3.8) is 0 Å². The molecule has 0 unspecified atom stereocenters. The Labute approximate surface area is 91.9 Å². The first-order valence-corrected chi connectivity index (χ1v) is 5.72. The SMILES string of the molecule is CSc1nc(-c2ccccc2)c(C=O)[nH]1. The summed E-state index contributed by atoms with van der Waals surface area (Å²) >= 11 is 1.49. The van der Waals surface area contributed by atoms with Gasteiger partial charge in [-0.1, -0.05) is 42.1 Å². The zero-order chi connectivity index (χ0) is 10.7. The maximum absolute atomic E-state index is 10.8. The van der Waals surface area contributed by atoms with Gasteiger partial charge in [0.1, 0.15) is 11.4 Å². The van der Waals surface area contributed by atoms with Crippen LogP contribution < -0.4 is 0 Å². The summed E-state index contributed by atoms with van der Waals surface area (Å²) in [4.78, 5) is 18.2. The van der Waals surface area contributed by atoms with Crippen molar-refractivity contribution >= 4 is 18.0 Å². The zero-order valence-corrected chi connectivity index (χ0v) is 9.04. The predicted octanol–water partition coefficient (Wildman–Crippen LogP) is 2.61. The molecule has 76 valence electrons. The van der Waals surface area contributed by atoms with Gasteiger partial charge in [-0.15, -0.1) is 0 Å². The molecule has 0 atom stereocenters. The number of aromatic nitrogens is 2. The van der Waals surface area contributed by atoms with Gasteiger partial charge in [-0.05, 0) is 6.26 Å². The average Bonchev–Trinajstić information content (AvgIpc) is 2.73. The van der Waals surface area contributed by atoms with E-state index >= 15 is 0 Å². The van der Waals surface area contributed by atoms with E-state index in [-0.39, 0.29) is 0 Å². The van der Waals surface area contributed by atoms with Crippen LogP contribution in [0.25, 0.3) is 11.3 Å². The fraction of sp³-hybridized carbons (Fsp3) is 0.0909. The zero-order valence-electron chi connectivity index (χ0n) is 8.23. The van der Waals surface area contributed by atoms with Crippen LogP contribution in [-0.2, 0) is 0 Å². The number of carbonyl (C=O) groups excluding carboxylic acids is 1. The van der Waals surface area contributed by atoms with Crippen LogP contribution in [0.2, 0.25) is 0 Å². The smallest absolute Gasteiger partial charge is 0.168 e. The van der Waals surface area contributed by atoms with E-state index in [2.05, 4.69) is 9.97 Å². The monoisotopic (exact) mass is 218 g/mol. The lowest BCUT2D eigenvalue weighted by molar-refractivity contribution is 0.112. The highest BCUT2D eigenvalue weighted by Gasteiger charge is 2.10. The maximum Gasteiger partial charge on any atom is 0.168 e. The van der Waals surface area contributed by atoms with Gasteiger partial charge in [0.05, 0.1) is 0 Å². The topological polar surface area (TPSA) is 45.8 Å². The summed E-state index contributed by atoms with van der Waals surface area (Å²) in [6.07, 6.45) is 2.72. The van der Waals surface area contributed by atoms with Gasteiger partial charge in [0.25, 0.3) is 0 Å². The van der Waals surface area contributed by atoms with Gasteiger partial charge in [-0.3, -0.25) is 4.79 Å². The van der Waals surface area contributed by atoms with Crippen molar-refractivity contribution in [2.75, 3.05) is 6.26 Å². The second-order valence-corrected chi connectivity index (χ2v) is 3.79. The molecule has 0 radical (unpaired) electrons. The fourth-order valence-corrected chi connectivity index (χ4v) is 1.76. The van der Waals surface area contributed by atoms with E-state index in [1.165, 1.54) is 11.8 Å². The Kier molecular flexibility index (Phi) is 2.87. The first-order valence-electron chi connectivity index (χ1n) is 4.49. The number of aldehydes is 1. The number of imidazole rings is 1. The first-order chi connectivity index (χ1) is 7.35. The van der Waals surface area contributed by atoms with Crippen molar-refractivity contribution < 1.29 is 4.79 Å². The van der Waals surface area contributed by atoms with Crippen LogP contribution >= 0.6 is 11.8 Å². The van der Waals surface area contributed by atoms with E-state index in [0.29, 0.717) is 5.69 Å². The van der Waals surface area contributed by atoms with Gasteiger partial charge in [0, 0.05) is 5.56 Å².